The van der Waals surface area contributed by atoms with Crippen molar-refractivity contribution in [3.63, 3.8) is 0 Å². The van der Waals surface area contributed by atoms with Gasteiger partial charge in [-0.05, 0) is 50.5 Å². The molecule has 0 saturated heterocycles. The van der Waals surface area contributed by atoms with E-state index < -0.39 is 0 Å². The van der Waals surface area contributed by atoms with Gasteiger partial charge in [0.25, 0.3) is 0 Å². The summed E-state index contributed by atoms with van der Waals surface area (Å²) in [7, 11) is 1.64. The van der Waals surface area contributed by atoms with Crippen molar-refractivity contribution in [2.45, 2.75) is 52.7 Å². The average molecular weight is 320 g/mol. The minimum absolute atomic E-state index is 0.145. The summed E-state index contributed by atoms with van der Waals surface area (Å²) in [5.41, 5.74) is 1.77. The molecule has 1 atom stereocenters. The Labute approximate surface area is 139 Å². The van der Waals surface area contributed by atoms with E-state index >= 15 is 0 Å². The highest BCUT2D eigenvalue weighted by Gasteiger charge is 2.12. The van der Waals surface area contributed by atoms with Gasteiger partial charge in [-0.3, -0.25) is 0 Å². The first-order chi connectivity index (χ1) is 11.1. The Balaban J connectivity index is 2.60. The standard InChI is InChI=1S/C19H28O4/c1-5-7-8-17(19(20)22-6-2)13-15(3)23-14-16-9-11-18(21-4)12-10-16/h9-13,15H,5-8,14H2,1-4H3/b17-13-/t15-/m0/s1. The van der Waals surface area contributed by atoms with Crippen LogP contribution < -0.4 is 4.74 Å². The monoisotopic (exact) mass is 320 g/mol. The van der Waals surface area contributed by atoms with Crippen molar-refractivity contribution in [1.29, 1.82) is 0 Å². The molecule has 0 saturated carbocycles. The maximum atomic E-state index is 12.0. The molecular weight excluding hydrogens is 292 g/mol. The van der Waals surface area contributed by atoms with Crippen molar-refractivity contribution in [3.8, 4) is 5.75 Å². The summed E-state index contributed by atoms with van der Waals surface area (Å²) in [6, 6.07) is 7.76. The third kappa shape index (κ3) is 7.33. The van der Waals surface area contributed by atoms with Crippen LogP contribution in [0.1, 0.15) is 45.6 Å². The number of benzene rings is 1. The quantitative estimate of drug-likeness (QED) is 0.477. The normalized spacial score (nSPS) is 12.8. The van der Waals surface area contributed by atoms with Gasteiger partial charge in [0.15, 0.2) is 0 Å². The van der Waals surface area contributed by atoms with E-state index in [0.717, 1.165) is 30.6 Å². The molecule has 0 aromatic heterocycles. The lowest BCUT2D eigenvalue weighted by molar-refractivity contribution is -0.138. The first kappa shape index (κ1) is 19.2. The smallest absolute Gasteiger partial charge is 0.333 e. The van der Waals surface area contributed by atoms with Crippen LogP contribution in [0, 0.1) is 0 Å². The molecule has 0 fully saturated rings. The van der Waals surface area contributed by atoms with Crippen LogP contribution in [0.4, 0.5) is 0 Å². The molecule has 0 aliphatic rings. The minimum atomic E-state index is -0.235. The maximum absolute atomic E-state index is 12.0. The summed E-state index contributed by atoms with van der Waals surface area (Å²) >= 11 is 0. The predicted molar refractivity (Wildman–Crippen MR) is 91.5 cm³/mol. The first-order valence-corrected chi connectivity index (χ1v) is 8.23. The van der Waals surface area contributed by atoms with Crippen LogP contribution in [0.15, 0.2) is 35.9 Å². The van der Waals surface area contributed by atoms with Gasteiger partial charge in [-0.1, -0.05) is 25.5 Å². The number of esters is 1. The van der Waals surface area contributed by atoms with Crippen LogP contribution in [0.5, 0.6) is 5.75 Å². The molecule has 4 nitrogen and oxygen atoms in total. The summed E-state index contributed by atoms with van der Waals surface area (Å²) < 4.78 is 16.1. The van der Waals surface area contributed by atoms with Crippen molar-refractivity contribution >= 4 is 5.97 Å². The van der Waals surface area contributed by atoms with Crippen molar-refractivity contribution in [3.05, 3.63) is 41.5 Å². The van der Waals surface area contributed by atoms with Gasteiger partial charge in [0, 0.05) is 5.57 Å². The van der Waals surface area contributed by atoms with E-state index in [4.69, 9.17) is 14.2 Å². The third-order valence-corrected chi connectivity index (χ3v) is 3.45. The number of rotatable bonds is 10. The zero-order chi connectivity index (χ0) is 17.1. The molecule has 0 amide bonds. The Bertz CT molecular complexity index is 491. The van der Waals surface area contributed by atoms with Gasteiger partial charge in [-0.25, -0.2) is 4.79 Å². The highest BCUT2D eigenvalue weighted by Crippen LogP contribution is 2.15. The molecule has 0 heterocycles. The Kier molecular flexibility index (Phi) is 9.07. The lowest BCUT2D eigenvalue weighted by Gasteiger charge is -2.13. The summed E-state index contributed by atoms with van der Waals surface area (Å²) in [4.78, 5) is 12.0. The number of ether oxygens (including phenoxy) is 3. The van der Waals surface area contributed by atoms with Crippen LogP contribution in [0.3, 0.4) is 0 Å². The predicted octanol–water partition coefficient (Wildman–Crippen LogP) is 4.28. The Morgan fingerprint density at radius 3 is 2.48 bits per heavy atom. The Hall–Kier alpha value is -1.81. The van der Waals surface area contributed by atoms with Crippen molar-refractivity contribution in [2.24, 2.45) is 0 Å². The molecule has 0 radical (unpaired) electrons. The van der Waals surface area contributed by atoms with Gasteiger partial charge in [-0.15, -0.1) is 0 Å². The van der Waals surface area contributed by atoms with Gasteiger partial charge < -0.3 is 14.2 Å². The largest absolute Gasteiger partial charge is 0.497 e. The highest BCUT2D eigenvalue weighted by atomic mass is 16.5. The number of methoxy groups -OCH3 is 1. The van der Waals surface area contributed by atoms with E-state index in [0.29, 0.717) is 18.8 Å². The molecule has 0 bridgehead atoms. The van der Waals surface area contributed by atoms with E-state index in [1.54, 1.807) is 7.11 Å². The summed E-state index contributed by atoms with van der Waals surface area (Å²) in [5, 5.41) is 0. The van der Waals surface area contributed by atoms with Crippen LogP contribution in [-0.4, -0.2) is 25.8 Å². The molecule has 0 aliphatic carbocycles. The second kappa shape index (κ2) is 10.8. The van der Waals surface area contributed by atoms with Crippen LogP contribution in [0.25, 0.3) is 0 Å². The van der Waals surface area contributed by atoms with Crippen molar-refractivity contribution in [2.75, 3.05) is 13.7 Å². The van der Waals surface area contributed by atoms with Gasteiger partial charge in [-0.2, -0.15) is 0 Å². The van der Waals surface area contributed by atoms with Gasteiger partial charge in [0.05, 0.1) is 26.4 Å². The molecule has 128 valence electrons. The molecule has 0 N–H and O–H groups in total. The number of unbranched alkanes of at least 4 members (excludes halogenated alkanes) is 1. The van der Waals surface area contributed by atoms with Crippen LogP contribution in [-0.2, 0) is 20.9 Å². The SMILES string of the molecule is CCCC/C(=C/[C@H](C)OCc1ccc(OC)cc1)C(=O)OCC. The van der Waals surface area contributed by atoms with E-state index in [2.05, 4.69) is 6.92 Å². The number of carbonyl (C=O) groups excluding carboxylic acids is 1. The van der Waals surface area contributed by atoms with Crippen LogP contribution in [0.2, 0.25) is 0 Å². The lowest BCUT2D eigenvalue weighted by Crippen LogP contribution is -2.12. The van der Waals surface area contributed by atoms with Crippen molar-refractivity contribution < 1.29 is 19.0 Å². The molecule has 0 spiro atoms. The maximum Gasteiger partial charge on any atom is 0.333 e. The molecular formula is C19H28O4. The number of hydrogen-bond donors (Lipinski definition) is 0. The van der Waals surface area contributed by atoms with Gasteiger partial charge in [0.2, 0.25) is 0 Å². The summed E-state index contributed by atoms with van der Waals surface area (Å²) in [5.74, 6) is 0.590. The first-order valence-electron chi connectivity index (χ1n) is 8.23. The molecule has 1 aromatic rings. The van der Waals surface area contributed by atoms with E-state index in [9.17, 15) is 4.79 Å². The van der Waals surface area contributed by atoms with Crippen molar-refractivity contribution in [1.82, 2.24) is 0 Å². The summed E-state index contributed by atoms with van der Waals surface area (Å²) in [6.45, 7) is 6.74. The molecule has 0 aliphatic heterocycles. The van der Waals surface area contributed by atoms with Gasteiger partial charge in [0.1, 0.15) is 5.75 Å². The zero-order valence-electron chi connectivity index (χ0n) is 14.6. The molecule has 23 heavy (non-hydrogen) atoms. The van der Waals surface area contributed by atoms with Crippen LogP contribution >= 0.6 is 0 Å². The second-order valence-electron chi connectivity index (χ2n) is 5.38. The molecule has 0 unspecified atom stereocenters. The Morgan fingerprint density at radius 1 is 1.22 bits per heavy atom. The number of carbonyl (C=O) groups is 1. The third-order valence-electron chi connectivity index (χ3n) is 3.45. The molecule has 1 aromatic carbocycles. The fraction of sp³-hybridized carbons (Fsp3) is 0.526. The topological polar surface area (TPSA) is 44.8 Å². The zero-order valence-corrected chi connectivity index (χ0v) is 14.6. The minimum Gasteiger partial charge on any atom is -0.497 e. The van der Waals surface area contributed by atoms with E-state index in [-0.39, 0.29) is 12.1 Å². The highest BCUT2D eigenvalue weighted by molar-refractivity contribution is 5.88. The van der Waals surface area contributed by atoms with E-state index in [1.165, 1.54) is 0 Å². The average Bonchev–Trinajstić information content (AvgIpc) is 2.57. The van der Waals surface area contributed by atoms with E-state index in [1.807, 2.05) is 44.2 Å². The number of hydrogen-bond acceptors (Lipinski definition) is 4. The fourth-order valence-corrected chi connectivity index (χ4v) is 2.13. The second-order valence-corrected chi connectivity index (χ2v) is 5.38. The lowest BCUT2D eigenvalue weighted by atomic mass is 10.1. The fourth-order valence-electron chi connectivity index (χ4n) is 2.13. The Morgan fingerprint density at radius 2 is 1.91 bits per heavy atom. The molecule has 4 heteroatoms. The van der Waals surface area contributed by atoms with Gasteiger partial charge >= 0.3 is 5.97 Å². The summed E-state index contributed by atoms with van der Waals surface area (Å²) in [6.07, 6.45) is 4.46. The molecule has 1 rings (SSSR count).